The molecule has 0 aliphatic carbocycles. The predicted molar refractivity (Wildman–Crippen MR) is 91.6 cm³/mol. The minimum absolute atomic E-state index is 0.0722. The Balaban J connectivity index is 1.95. The molecule has 0 amide bonds. The van der Waals surface area contributed by atoms with Crippen LogP contribution in [0.3, 0.4) is 0 Å². The van der Waals surface area contributed by atoms with E-state index in [0.717, 1.165) is 30.6 Å². The summed E-state index contributed by atoms with van der Waals surface area (Å²) >= 11 is 0. The lowest BCUT2D eigenvalue weighted by molar-refractivity contribution is -0.116. The third kappa shape index (κ3) is 3.67. The summed E-state index contributed by atoms with van der Waals surface area (Å²) in [5.74, 6) is 0.214. The van der Waals surface area contributed by atoms with Gasteiger partial charge >= 0.3 is 0 Å². The van der Waals surface area contributed by atoms with E-state index in [9.17, 15) is 4.79 Å². The summed E-state index contributed by atoms with van der Waals surface area (Å²) in [6.45, 7) is 2.97. The van der Waals surface area contributed by atoms with Crippen molar-refractivity contribution >= 4 is 5.78 Å². The van der Waals surface area contributed by atoms with E-state index in [-0.39, 0.29) is 11.8 Å². The van der Waals surface area contributed by atoms with Crippen LogP contribution in [-0.2, 0) is 11.3 Å². The first-order valence-corrected chi connectivity index (χ1v) is 8.22. The highest BCUT2D eigenvalue weighted by atomic mass is 16.1. The Labute approximate surface area is 137 Å². The van der Waals surface area contributed by atoms with Crippen molar-refractivity contribution in [1.29, 1.82) is 0 Å². The van der Waals surface area contributed by atoms with E-state index in [4.69, 9.17) is 0 Å². The number of benzene rings is 1. The molecule has 1 aliphatic heterocycles. The van der Waals surface area contributed by atoms with Crippen LogP contribution in [0.1, 0.15) is 43.4 Å². The van der Waals surface area contributed by atoms with E-state index in [1.807, 2.05) is 24.4 Å². The molecule has 0 bridgehead atoms. The zero-order valence-corrected chi connectivity index (χ0v) is 13.5. The summed E-state index contributed by atoms with van der Waals surface area (Å²) in [5.41, 5.74) is 3.51. The van der Waals surface area contributed by atoms with Gasteiger partial charge in [-0.25, -0.2) is 0 Å². The summed E-state index contributed by atoms with van der Waals surface area (Å²) in [7, 11) is 0. The quantitative estimate of drug-likeness (QED) is 0.826. The van der Waals surface area contributed by atoms with Crippen molar-refractivity contribution in [3.05, 3.63) is 77.8 Å². The molecule has 1 aromatic heterocycles. The van der Waals surface area contributed by atoms with Gasteiger partial charge in [-0.2, -0.15) is 0 Å². The van der Waals surface area contributed by atoms with Crippen LogP contribution in [0.25, 0.3) is 0 Å². The van der Waals surface area contributed by atoms with E-state index in [1.165, 1.54) is 5.56 Å². The van der Waals surface area contributed by atoms with E-state index in [1.54, 1.807) is 6.20 Å². The molecular formula is C20H22N2O. The van der Waals surface area contributed by atoms with Crippen molar-refractivity contribution < 1.29 is 4.79 Å². The monoisotopic (exact) mass is 306 g/mol. The summed E-state index contributed by atoms with van der Waals surface area (Å²) in [4.78, 5) is 18.8. The third-order valence-electron chi connectivity index (χ3n) is 4.24. The van der Waals surface area contributed by atoms with Crippen molar-refractivity contribution in [2.45, 2.75) is 38.8 Å². The minimum Gasteiger partial charge on any atom is -0.363 e. The Kier molecular flexibility index (Phi) is 4.86. The Bertz CT molecular complexity index is 679. The van der Waals surface area contributed by atoms with E-state index < -0.39 is 0 Å². The molecular weight excluding hydrogens is 284 g/mol. The van der Waals surface area contributed by atoms with E-state index in [2.05, 4.69) is 47.1 Å². The molecule has 1 unspecified atom stereocenters. The number of carbonyl (C=O) groups is 1. The molecule has 3 rings (SSSR count). The molecule has 0 saturated carbocycles. The van der Waals surface area contributed by atoms with E-state index in [0.29, 0.717) is 6.42 Å². The number of allylic oxidation sites excluding steroid dienone is 2. The molecule has 0 fully saturated rings. The highest BCUT2D eigenvalue weighted by Crippen LogP contribution is 2.34. The maximum Gasteiger partial charge on any atom is 0.159 e. The summed E-state index contributed by atoms with van der Waals surface area (Å²) < 4.78 is 0. The molecule has 0 radical (unpaired) electrons. The molecule has 2 aromatic rings. The molecule has 0 spiro atoms. The van der Waals surface area contributed by atoms with Crippen LogP contribution in [0.4, 0.5) is 0 Å². The molecule has 23 heavy (non-hydrogen) atoms. The number of carbonyl (C=O) groups excluding carboxylic acids is 1. The van der Waals surface area contributed by atoms with Gasteiger partial charge in [-0.15, -0.1) is 0 Å². The fourth-order valence-corrected chi connectivity index (χ4v) is 3.16. The fourth-order valence-electron chi connectivity index (χ4n) is 3.16. The number of pyridine rings is 1. The van der Waals surface area contributed by atoms with Crippen molar-refractivity contribution in [2.75, 3.05) is 0 Å². The van der Waals surface area contributed by atoms with E-state index >= 15 is 0 Å². The average Bonchev–Trinajstić information content (AvgIpc) is 2.59. The van der Waals surface area contributed by atoms with Crippen molar-refractivity contribution in [3.63, 3.8) is 0 Å². The van der Waals surface area contributed by atoms with Gasteiger partial charge in [0.1, 0.15) is 0 Å². The van der Waals surface area contributed by atoms with Crippen LogP contribution < -0.4 is 0 Å². The van der Waals surface area contributed by atoms with Crippen LogP contribution in [0.15, 0.2) is 66.6 Å². The van der Waals surface area contributed by atoms with Gasteiger partial charge in [0.05, 0.1) is 6.04 Å². The lowest BCUT2D eigenvalue weighted by Gasteiger charge is -2.38. The van der Waals surface area contributed by atoms with Gasteiger partial charge in [0.15, 0.2) is 5.78 Å². The Morgan fingerprint density at radius 3 is 2.70 bits per heavy atom. The van der Waals surface area contributed by atoms with Gasteiger partial charge in [-0.3, -0.25) is 9.78 Å². The molecule has 1 aliphatic rings. The minimum atomic E-state index is 0.0722. The molecule has 3 nitrogen and oxygen atoms in total. The Morgan fingerprint density at radius 1 is 1.17 bits per heavy atom. The van der Waals surface area contributed by atoms with Crippen molar-refractivity contribution in [2.24, 2.45) is 0 Å². The number of nitrogens with zero attached hydrogens (tertiary/aromatic N) is 2. The van der Waals surface area contributed by atoms with Gasteiger partial charge in [0, 0.05) is 37.1 Å². The van der Waals surface area contributed by atoms with Gasteiger partial charge in [-0.05, 0) is 23.6 Å². The summed E-state index contributed by atoms with van der Waals surface area (Å²) in [5, 5.41) is 0. The van der Waals surface area contributed by atoms with Crippen LogP contribution in [-0.4, -0.2) is 15.7 Å². The number of rotatable bonds is 5. The lowest BCUT2D eigenvalue weighted by atomic mass is 9.94. The van der Waals surface area contributed by atoms with Gasteiger partial charge in [0.25, 0.3) is 0 Å². The normalized spacial score (nSPS) is 18.0. The van der Waals surface area contributed by atoms with Crippen LogP contribution in [0, 0.1) is 0 Å². The number of hydrogen-bond acceptors (Lipinski definition) is 3. The molecule has 0 N–H and O–H groups in total. The molecule has 2 heterocycles. The second kappa shape index (κ2) is 7.23. The highest BCUT2D eigenvalue weighted by Gasteiger charge is 2.29. The molecule has 118 valence electrons. The zero-order valence-electron chi connectivity index (χ0n) is 13.5. The zero-order chi connectivity index (χ0) is 16.1. The maximum atomic E-state index is 12.2. The number of hydrogen-bond donors (Lipinski definition) is 0. The largest absolute Gasteiger partial charge is 0.363 e. The highest BCUT2D eigenvalue weighted by molar-refractivity contribution is 5.91. The maximum absolute atomic E-state index is 12.2. The molecule has 0 saturated heterocycles. The Hall–Kier alpha value is -2.42. The van der Waals surface area contributed by atoms with Crippen molar-refractivity contribution in [1.82, 2.24) is 9.88 Å². The van der Waals surface area contributed by atoms with Crippen LogP contribution in [0.2, 0.25) is 0 Å². The second-order valence-electron chi connectivity index (χ2n) is 5.97. The molecule has 3 heteroatoms. The predicted octanol–water partition coefficient (Wildman–Crippen LogP) is 4.28. The topological polar surface area (TPSA) is 33.2 Å². The first-order chi connectivity index (χ1) is 11.3. The van der Waals surface area contributed by atoms with Gasteiger partial charge < -0.3 is 4.90 Å². The number of aromatic nitrogens is 1. The van der Waals surface area contributed by atoms with Crippen LogP contribution in [0.5, 0.6) is 0 Å². The van der Waals surface area contributed by atoms with Gasteiger partial charge in [0.2, 0.25) is 0 Å². The molecule has 1 atom stereocenters. The summed E-state index contributed by atoms with van der Waals surface area (Å²) in [6.07, 6.45) is 7.97. The second-order valence-corrected chi connectivity index (χ2v) is 5.97. The molecule has 1 aromatic carbocycles. The van der Waals surface area contributed by atoms with Crippen molar-refractivity contribution in [3.8, 4) is 0 Å². The average molecular weight is 306 g/mol. The Morgan fingerprint density at radius 2 is 2.00 bits per heavy atom. The SMILES string of the molecule is CCCC1=CC(=O)CC(c2cccnc2)N1Cc1ccccc1. The summed E-state index contributed by atoms with van der Waals surface area (Å²) in [6, 6.07) is 14.5. The third-order valence-corrected chi connectivity index (χ3v) is 4.24. The number of ketones is 1. The standard InChI is InChI=1S/C20H22N2O/c1-2-7-18-12-19(23)13-20(17-10-6-11-21-14-17)22(18)15-16-8-4-3-5-9-16/h3-6,8-12,14,20H,2,7,13,15H2,1H3. The van der Waals surface area contributed by atoms with Gasteiger partial charge in [-0.1, -0.05) is 49.7 Å². The first kappa shape index (κ1) is 15.5. The fraction of sp³-hybridized carbons (Fsp3) is 0.300. The first-order valence-electron chi connectivity index (χ1n) is 8.22. The smallest absolute Gasteiger partial charge is 0.159 e. The lowest BCUT2D eigenvalue weighted by Crippen LogP contribution is -2.33. The van der Waals surface area contributed by atoms with Crippen LogP contribution >= 0.6 is 0 Å².